The molecule has 0 spiro atoms. The van der Waals surface area contributed by atoms with Crippen LogP contribution in [0.4, 0.5) is 0 Å². The predicted molar refractivity (Wildman–Crippen MR) is 74.1 cm³/mol. The van der Waals surface area contributed by atoms with Gasteiger partial charge in [-0.05, 0) is 29.5 Å². The van der Waals surface area contributed by atoms with E-state index in [2.05, 4.69) is 54.0 Å². The lowest BCUT2D eigenvalue weighted by atomic mass is 9.72. The molecule has 0 saturated carbocycles. The highest BCUT2D eigenvalue weighted by Gasteiger charge is 2.31. The van der Waals surface area contributed by atoms with Crippen LogP contribution in [0.1, 0.15) is 22.6 Å². The average molecular weight is 238 g/mol. The molecule has 3 N–H and O–H groups in total. The van der Waals surface area contributed by atoms with Crippen LogP contribution < -0.4 is 11.3 Å². The zero-order chi connectivity index (χ0) is 12.4. The Bertz CT molecular complexity index is 522. The van der Waals surface area contributed by atoms with Gasteiger partial charge >= 0.3 is 0 Å². The van der Waals surface area contributed by atoms with E-state index in [1.807, 2.05) is 6.07 Å². The normalized spacial score (nSPS) is 18.8. The molecule has 0 radical (unpaired) electrons. The van der Waals surface area contributed by atoms with E-state index in [1.165, 1.54) is 16.7 Å². The molecule has 1 aliphatic rings. The first kappa shape index (κ1) is 11.5. The van der Waals surface area contributed by atoms with Crippen LogP contribution in [0.25, 0.3) is 0 Å². The molecular formula is C16H18N2. The molecule has 3 rings (SSSR count). The monoisotopic (exact) mass is 238 g/mol. The maximum Gasteiger partial charge on any atom is 0.0322 e. The van der Waals surface area contributed by atoms with Crippen molar-refractivity contribution >= 4 is 0 Å². The van der Waals surface area contributed by atoms with Crippen LogP contribution in [0, 0.1) is 0 Å². The maximum absolute atomic E-state index is 5.74. The van der Waals surface area contributed by atoms with Gasteiger partial charge in [0.05, 0.1) is 0 Å². The van der Waals surface area contributed by atoms with Crippen LogP contribution in [0.3, 0.4) is 0 Å². The minimum atomic E-state index is 0.322. The van der Waals surface area contributed by atoms with E-state index >= 15 is 0 Å². The zero-order valence-electron chi connectivity index (χ0n) is 10.3. The van der Waals surface area contributed by atoms with Crippen LogP contribution in [0.15, 0.2) is 54.6 Å². The summed E-state index contributed by atoms with van der Waals surface area (Å²) in [6.07, 6.45) is 2.12. The molecule has 0 amide bonds. The van der Waals surface area contributed by atoms with E-state index in [1.54, 1.807) is 0 Å². The highest BCUT2D eigenvalue weighted by atomic mass is 15.2. The van der Waals surface area contributed by atoms with Crippen LogP contribution >= 0.6 is 0 Å². The lowest BCUT2D eigenvalue weighted by Gasteiger charge is -2.36. The van der Waals surface area contributed by atoms with Crippen molar-refractivity contribution in [3.8, 4) is 0 Å². The van der Waals surface area contributed by atoms with Gasteiger partial charge in [-0.1, -0.05) is 54.6 Å². The molecular weight excluding hydrogens is 220 g/mol. The number of hydrazine groups is 1. The fourth-order valence-corrected chi connectivity index (χ4v) is 2.84. The van der Waals surface area contributed by atoms with Crippen LogP contribution in [-0.2, 0) is 12.8 Å². The highest BCUT2D eigenvalue weighted by Crippen LogP contribution is 2.37. The standard InChI is InChI=1S/C16H18N2/c17-18-16(10-12-6-2-1-3-7-12)15-11-13-8-4-5-9-14(13)15/h1-9,15-16,18H,10-11,17H2. The Morgan fingerprint density at radius 3 is 2.50 bits per heavy atom. The number of hydrogen-bond acceptors (Lipinski definition) is 2. The van der Waals surface area contributed by atoms with E-state index in [0.29, 0.717) is 12.0 Å². The van der Waals surface area contributed by atoms with Crippen molar-refractivity contribution in [2.75, 3.05) is 0 Å². The zero-order valence-corrected chi connectivity index (χ0v) is 10.3. The van der Waals surface area contributed by atoms with Crippen molar-refractivity contribution in [1.29, 1.82) is 0 Å². The van der Waals surface area contributed by atoms with E-state index in [4.69, 9.17) is 5.84 Å². The summed E-state index contributed by atoms with van der Waals surface area (Å²) in [7, 11) is 0. The smallest absolute Gasteiger partial charge is 0.0322 e. The Morgan fingerprint density at radius 1 is 1.06 bits per heavy atom. The molecule has 0 fully saturated rings. The number of rotatable bonds is 4. The quantitative estimate of drug-likeness (QED) is 0.634. The van der Waals surface area contributed by atoms with Gasteiger partial charge in [-0.2, -0.15) is 0 Å². The molecule has 0 heterocycles. The average Bonchev–Trinajstić information content (AvgIpc) is 2.40. The van der Waals surface area contributed by atoms with Crippen molar-refractivity contribution in [1.82, 2.24) is 5.43 Å². The first-order chi connectivity index (χ1) is 8.88. The van der Waals surface area contributed by atoms with Gasteiger partial charge in [0.2, 0.25) is 0 Å². The van der Waals surface area contributed by atoms with Gasteiger partial charge in [0.15, 0.2) is 0 Å². The van der Waals surface area contributed by atoms with Crippen LogP contribution in [0.5, 0.6) is 0 Å². The molecule has 0 aliphatic heterocycles. The number of nitrogens with one attached hydrogen (secondary N) is 1. The van der Waals surface area contributed by atoms with E-state index < -0.39 is 0 Å². The molecule has 1 aliphatic carbocycles. The summed E-state index contributed by atoms with van der Waals surface area (Å²) in [5, 5.41) is 0. The molecule has 0 saturated heterocycles. The van der Waals surface area contributed by atoms with Gasteiger partial charge in [-0.3, -0.25) is 11.3 Å². The largest absolute Gasteiger partial charge is 0.271 e. The third-order valence-electron chi connectivity index (χ3n) is 3.89. The molecule has 2 unspecified atom stereocenters. The maximum atomic E-state index is 5.74. The number of fused-ring (bicyclic) bond motifs is 1. The summed E-state index contributed by atoms with van der Waals surface area (Å²) in [6, 6.07) is 19.5. The first-order valence-electron chi connectivity index (χ1n) is 6.46. The molecule has 2 aromatic carbocycles. The van der Waals surface area contributed by atoms with Crippen molar-refractivity contribution in [3.63, 3.8) is 0 Å². The molecule has 18 heavy (non-hydrogen) atoms. The summed E-state index contributed by atoms with van der Waals surface area (Å²) in [5.41, 5.74) is 7.25. The minimum Gasteiger partial charge on any atom is -0.271 e. The predicted octanol–water partition coefficient (Wildman–Crippen LogP) is 2.40. The third kappa shape index (κ3) is 2.05. The Hall–Kier alpha value is -1.64. The van der Waals surface area contributed by atoms with E-state index in [-0.39, 0.29) is 0 Å². The van der Waals surface area contributed by atoms with Gasteiger partial charge in [-0.25, -0.2) is 0 Å². The Kier molecular flexibility index (Phi) is 3.13. The van der Waals surface area contributed by atoms with Gasteiger partial charge in [0.1, 0.15) is 0 Å². The Morgan fingerprint density at radius 2 is 1.78 bits per heavy atom. The summed E-state index contributed by atoms with van der Waals surface area (Å²) in [4.78, 5) is 0. The van der Waals surface area contributed by atoms with Crippen molar-refractivity contribution < 1.29 is 0 Å². The number of nitrogens with two attached hydrogens (primary N) is 1. The van der Waals surface area contributed by atoms with Crippen molar-refractivity contribution in [3.05, 3.63) is 71.3 Å². The van der Waals surface area contributed by atoms with Crippen LogP contribution in [0.2, 0.25) is 0 Å². The molecule has 2 nitrogen and oxygen atoms in total. The van der Waals surface area contributed by atoms with E-state index in [9.17, 15) is 0 Å². The topological polar surface area (TPSA) is 38.0 Å². The second kappa shape index (κ2) is 4.92. The van der Waals surface area contributed by atoms with Gasteiger partial charge in [-0.15, -0.1) is 0 Å². The van der Waals surface area contributed by atoms with Crippen LogP contribution in [-0.4, -0.2) is 6.04 Å². The van der Waals surface area contributed by atoms with Crippen molar-refractivity contribution in [2.24, 2.45) is 5.84 Å². The van der Waals surface area contributed by atoms with Gasteiger partial charge in [0, 0.05) is 12.0 Å². The second-order valence-corrected chi connectivity index (χ2v) is 4.97. The minimum absolute atomic E-state index is 0.322. The molecule has 92 valence electrons. The number of hydrogen-bond donors (Lipinski definition) is 2. The van der Waals surface area contributed by atoms with E-state index in [0.717, 1.165) is 12.8 Å². The first-order valence-corrected chi connectivity index (χ1v) is 6.46. The molecule has 0 bridgehead atoms. The molecule has 0 aromatic heterocycles. The molecule has 2 aromatic rings. The number of benzene rings is 2. The lowest BCUT2D eigenvalue weighted by molar-refractivity contribution is 0.404. The lowest BCUT2D eigenvalue weighted by Crippen LogP contribution is -2.45. The summed E-state index contributed by atoms with van der Waals surface area (Å²) in [5.74, 6) is 6.29. The third-order valence-corrected chi connectivity index (χ3v) is 3.89. The summed E-state index contributed by atoms with van der Waals surface area (Å²) in [6.45, 7) is 0. The fraction of sp³-hybridized carbons (Fsp3) is 0.250. The molecule has 2 heteroatoms. The SMILES string of the molecule is NNC(Cc1ccccc1)C1Cc2ccccc21. The highest BCUT2D eigenvalue weighted by molar-refractivity contribution is 5.41. The summed E-state index contributed by atoms with van der Waals surface area (Å²) < 4.78 is 0. The Labute approximate surface area is 108 Å². The second-order valence-electron chi connectivity index (χ2n) is 4.97. The summed E-state index contributed by atoms with van der Waals surface area (Å²) >= 11 is 0. The Balaban J connectivity index is 1.75. The fourth-order valence-electron chi connectivity index (χ4n) is 2.84. The van der Waals surface area contributed by atoms with Crippen molar-refractivity contribution in [2.45, 2.75) is 24.8 Å². The van der Waals surface area contributed by atoms with Gasteiger partial charge < -0.3 is 0 Å². The van der Waals surface area contributed by atoms with Gasteiger partial charge in [0.25, 0.3) is 0 Å². The molecule has 2 atom stereocenters.